The molecule has 148 valence electrons. The predicted octanol–water partition coefficient (Wildman–Crippen LogP) is 3.39. The van der Waals surface area contributed by atoms with Gasteiger partial charge in [-0.2, -0.15) is 0 Å². The number of carbonyl (C=O) groups is 2. The molecule has 28 heavy (non-hydrogen) atoms. The summed E-state index contributed by atoms with van der Waals surface area (Å²) in [5.41, 5.74) is 1.58. The second-order valence-corrected chi connectivity index (χ2v) is 7.34. The summed E-state index contributed by atoms with van der Waals surface area (Å²) in [4.78, 5) is 26.5. The summed E-state index contributed by atoms with van der Waals surface area (Å²) in [6.07, 6.45) is 0. The predicted molar refractivity (Wildman–Crippen MR) is 110 cm³/mol. The van der Waals surface area contributed by atoms with Crippen molar-refractivity contribution in [2.75, 3.05) is 25.6 Å². The molecule has 1 unspecified atom stereocenters. The van der Waals surface area contributed by atoms with E-state index in [4.69, 9.17) is 9.47 Å². The molecule has 2 aromatic carbocycles. The van der Waals surface area contributed by atoms with Gasteiger partial charge >= 0.3 is 6.03 Å². The fourth-order valence-electron chi connectivity index (χ4n) is 2.73. The van der Waals surface area contributed by atoms with Gasteiger partial charge in [0.1, 0.15) is 13.2 Å². The normalized spacial score (nSPS) is 13.7. The van der Waals surface area contributed by atoms with E-state index >= 15 is 0 Å². The van der Waals surface area contributed by atoms with Crippen LogP contribution in [0.25, 0.3) is 0 Å². The molecule has 2 N–H and O–H groups in total. The third-order valence-corrected chi connectivity index (χ3v) is 5.23. The number of hydrogen-bond donors (Lipinski definition) is 2. The average molecular weight is 448 g/mol. The number of rotatable bonds is 5. The third kappa shape index (κ3) is 5.02. The molecule has 8 heteroatoms. The molecule has 3 amide bonds. The minimum Gasteiger partial charge on any atom is -0.486 e. The van der Waals surface area contributed by atoms with Crippen molar-refractivity contribution in [1.29, 1.82) is 0 Å². The summed E-state index contributed by atoms with van der Waals surface area (Å²) in [6, 6.07) is 11.8. The fourth-order valence-corrected chi connectivity index (χ4v) is 3.14. The standard InChI is InChI=1S/C20H22BrN3O4/c1-13(24(2)12-14-5-3-4-6-16(14)21)19(25)23-20(26)22-15-7-8-17-18(11-15)28-10-9-27-17/h3-8,11,13H,9-10,12H2,1-2H3,(H2,22,23,25,26). The number of urea groups is 1. The molecule has 1 atom stereocenters. The molecular weight excluding hydrogens is 426 g/mol. The number of imide groups is 1. The lowest BCUT2D eigenvalue weighted by molar-refractivity contribution is -0.124. The van der Waals surface area contributed by atoms with E-state index in [0.29, 0.717) is 36.9 Å². The zero-order valence-electron chi connectivity index (χ0n) is 15.7. The second kappa shape index (κ2) is 9.07. The van der Waals surface area contributed by atoms with Crippen LogP contribution in [-0.2, 0) is 11.3 Å². The first-order valence-electron chi connectivity index (χ1n) is 8.89. The lowest BCUT2D eigenvalue weighted by Crippen LogP contribution is -2.46. The number of fused-ring (bicyclic) bond motifs is 1. The highest BCUT2D eigenvalue weighted by Gasteiger charge is 2.21. The number of halogens is 1. The molecule has 3 rings (SSSR count). The molecule has 0 saturated heterocycles. The minimum atomic E-state index is -0.595. The summed E-state index contributed by atoms with van der Waals surface area (Å²) < 4.78 is 11.9. The molecule has 2 aromatic rings. The van der Waals surface area contributed by atoms with Crippen LogP contribution in [0.4, 0.5) is 10.5 Å². The fraction of sp³-hybridized carbons (Fsp3) is 0.300. The summed E-state index contributed by atoms with van der Waals surface area (Å²) >= 11 is 3.50. The zero-order valence-corrected chi connectivity index (χ0v) is 17.3. The Morgan fingerprint density at radius 2 is 1.86 bits per heavy atom. The van der Waals surface area contributed by atoms with Crippen LogP contribution in [0.5, 0.6) is 11.5 Å². The van der Waals surface area contributed by atoms with Gasteiger partial charge in [-0.3, -0.25) is 15.0 Å². The van der Waals surface area contributed by atoms with Crippen LogP contribution in [0.1, 0.15) is 12.5 Å². The monoisotopic (exact) mass is 447 g/mol. The maximum Gasteiger partial charge on any atom is 0.325 e. The topological polar surface area (TPSA) is 79.9 Å². The Morgan fingerprint density at radius 1 is 1.14 bits per heavy atom. The molecule has 1 aliphatic heterocycles. The molecule has 1 heterocycles. The van der Waals surface area contributed by atoms with Crippen molar-refractivity contribution in [2.45, 2.75) is 19.5 Å². The molecule has 7 nitrogen and oxygen atoms in total. The Labute approximate surface area is 172 Å². The van der Waals surface area contributed by atoms with Gasteiger partial charge in [0.05, 0.1) is 6.04 Å². The van der Waals surface area contributed by atoms with Crippen LogP contribution >= 0.6 is 15.9 Å². The SMILES string of the molecule is CC(C(=O)NC(=O)Nc1ccc2c(c1)OCCO2)N(C)Cc1ccccc1Br. The van der Waals surface area contributed by atoms with Crippen LogP contribution in [0.3, 0.4) is 0 Å². The minimum absolute atomic E-state index is 0.385. The van der Waals surface area contributed by atoms with E-state index in [-0.39, 0.29) is 5.91 Å². The van der Waals surface area contributed by atoms with Crippen molar-refractivity contribution in [2.24, 2.45) is 0 Å². The molecule has 0 saturated carbocycles. The maximum atomic E-state index is 12.4. The lowest BCUT2D eigenvalue weighted by atomic mass is 10.2. The first kappa shape index (κ1) is 20.2. The number of ether oxygens (including phenoxy) is 2. The first-order valence-corrected chi connectivity index (χ1v) is 9.68. The number of nitrogens with zero attached hydrogens (tertiary/aromatic N) is 1. The highest BCUT2D eigenvalue weighted by Crippen LogP contribution is 2.32. The van der Waals surface area contributed by atoms with Gasteiger partial charge < -0.3 is 14.8 Å². The number of anilines is 1. The van der Waals surface area contributed by atoms with Crippen LogP contribution in [0.2, 0.25) is 0 Å². The van der Waals surface area contributed by atoms with Crippen molar-refractivity contribution >= 4 is 33.6 Å². The van der Waals surface area contributed by atoms with Crippen molar-refractivity contribution < 1.29 is 19.1 Å². The number of hydrogen-bond acceptors (Lipinski definition) is 5. The van der Waals surface area contributed by atoms with Gasteiger partial charge in [0.25, 0.3) is 0 Å². The van der Waals surface area contributed by atoms with Gasteiger partial charge in [-0.15, -0.1) is 0 Å². The average Bonchev–Trinajstić information content (AvgIpc) is 2.68. The van der Waals surface area contributed by atoms with Crippen LogP contribution < -0.4 is 20.1 Å². The Hall–Kier alpha value is -2.58. The smallest absolute Gasteiger partial charge is 0.325 e. The molecule has 0 fully saturated rings. The van der Waals surface area contributed by atoms with E-state index in [0.717, 1.165) is 10.0 Å². The first-order chi connectivity index (χ1) is 13.4. The van der Waals surface area contributed by atoms with Crippen molar-refractivity contribution in [1.82, 2.24) is 10.2 Å². The zero-order chi connectivity index (χ0) is 20.1. The third-order valence-electron chi connectivity index (χ3n) is 4.45. The number of amides is 3. The van der Waals surface area contributed by atoms with E-state index in [2.05, 4.69) is 26.6 Å². The van der Waals surface area contributed by atoms with E-state index in [1.165, 1.54) is 0 Å². The van der Waals surface area contributed by atoms with Gasteiger partial charge in [-0.25, -0.2) is 4.79 Å². The Balaban J connectivity index is 1.54. The van der Waals surface area contributed by atoms with Gasteiger partial charge in [-0.05, 0) is 37.7 Å². The Bertz CT molecular complexity index is 874. The number of benzene rings is 2. The number of nitrogens with one attached hydrogen (secondary N) is 2. The largest absolute Gasteiger partial charge is 0.486 e. The van der Waals surface area contributed by atoms with Crippen molar-refractivity contribution in [3.63, 3.8) is 0 Å². The summed E-state index contributed by atoms with van der Waals surface area (Å²) in [5.74, 6) is 0.817. The van der Waals surface area contributed by atoms with Gasteiger partial charge in [-0.1, -0.05) is 34.1 Å². The van der Waals surface area contributed by atoms with Gasteiger partial charge in [0.2, 0.25) is 5.91 Å². The van der Waals surface area contributed by atoms with Crippen LogP contribution in [-0.4, -0.2) is 43.1 Å². The maximum absolute atomic E-state index is 12.4. The van der Waals surface area contributed by atoms with E-state index in [1.807, 2.05) is 36.2 Å². The molecule has 0 radical (unpaired) electrons. The van der Waals surface area contributed by atoms with Crippen LogP contribution in [0.15, 0.2) is 46.9 Å². The lowest BCUT2D eigenvalue weighted by Gasteiger charge is -2.24. The quantitative estimate of drug-likeness (QED) is 0.733. The molecule has 0 aliphatic carbocycles. The Morgan fingerprint density at radius 3 is 2.61 bits per heavy atom. The second-order valence-electron chi connectivity index (χ2n) is 6.48. The summed E-state index contributed by atoms with van der Waals surface area (Å²) in [5, 5.41) is 5.02. The van der Waals surface area contributed by atoms with Crippen LogP contribution in [0, 0.1) is 0 Å². The van der Waals surface area contributed by atoms with E-state index in [1.54, 1.807) is 25.1 Å². The molecule has 1 aliphatic rings. The van der Waals surface area contributed by atoms with E-state index in [9.17, 15) is 9.59 Å². The molecule has 0 aromatic heterocycles. The van der Waals surface area contributed by atoms with E-state index < -0.39 is 12.1 Å². The summed E-state index contributed by atoms with van der Waals surface area (Å²) in [6.45, 7) is 3.28. The summed E-state index contributed by atoms with van der Waals surface area (Å²) in [7, 11) is 1.84. The van der Waals surface area contributed by atoms with Crippen molar-refractivity contribution in [3.8, 4) is 11.5 Å². The number of carbonyl (C=O) groups excluding carboxylic acids is 2. The van der Waals surface area contributed by atoms with Gasteiger partial charge in [0.15, 0.2) is 11.5 Å². The highest BCUT2D eigenvalue weighted by molar-refractivity contribution is 9.10. The molecular formula is C20H22BrN3O4. The Kier molecular flexibility index (Phi) is 6.53. The highest BCUT2D eigenvalue weighted by atomic mass is 79.9. The van der Waals surface area contributed by atoms with Gasteiger partial charge in [0, 0.05) is 22.8 Å². The number of likely N-dealkylation sites (N-methyl/N-ethyl adjacent to an activating group) is 1. The molecule has 0 spiro atoms. The van der Waals surface area contributed by atoms with Crippen molar-refractivity contribution in [3.05, 3.63) is 52.5 Å². The molecule has 0 bridgehead atoms.